The van der Waals surface area contributed by atoms with E-state index in [4.69, 9.17) is 4.55 Å². The number of nitrogens with one attached hydrogen (secondary N) is 1. The number of H-pyrrole nitrogens is 1. The zero-order chi connectivity index (χ0) is 10.3. The van der Waals surface area contributed by atoms with E-state index in [1.165, 1.54) is 0 Å². The summed E-state index contributed by atoms with van der Waals surface area (Å²) >= 11 is 0. The SMILES string of the molecule is Cc1cccc2[nH]c(S(=O)(=O)O)nc12. The maximum absolute atomic E-state index is 10.8. The Balaban J connectivity index is 2.81. The molecule has 0 fully saturated rings. The molecule has 0 amide bonds. The van der Waals surface area contributed by atoms with Crippen molar-refractivity contribution >= 4 is 21.2 Å². The lowest BCUT2D eigenvalue weighted by atomic mass is 10.2. The molecule has 0 aliphatic carbocycles. The molecule has 0 aliphatic heterocycles. The smallest absolute Gasteiger partial charge is 0.327 e. The molecule has 0 unspecified atom stereocenters. The predicted molar refractivity (Wildman–Crippen MR) is 50.6 cm³/mol. The van der Waals surface area contributed by atoms with Gasteiger partial charge in [-0.2, -0.15) is 8.42 Å². The highest BCUT2D eigenvalue weighted by Gasteiger charge is 2.15. The van der Waals surface area contributed by atoms with Gasteiger partial charge in [-0.3, -0.25) is 4.55 Å². The van der Waals surface area contributed by atoms with Crippen LogP contribution in [0.5, 0.6) is 0 Å². The molecule has 1 aromatic heterocycles. The van der Waals surface area contributed by atoms with Gasteiger partial charge in [0.2, 0.25) is 0 Å². The van der Waals surface area contributed by atoms with Gasteiger partial charge in [-0.25, -0.2) is 4.98 Å². The van der Waals surface area contributed by atoms with Crippen molar-refractivity contribution in [2.24, 2.45) is 0 Å². The molecular weight excluding hydrogens is 204 g/mol. The number of hydrogen-bond acceptors (Lipinski definition) is 3. The minimum atomic E-state index is -4.25. The van der Waals surface area contributed by atoms with Gasteiger partial charge in [-0.15, -0.1) is 0 Å². The van der Waals surface area contributed by atoms with Crippen LogP contribution in [0.4, 0.5) is 0 Å². The van der Waals surface area contributed by atoms with Crippen molar-refractivity contribution in [1.29, 1.82) is 0 Å². The largest absolute Gasteiger partial charge is 0.328 e. The molecule has 74 valence electrons. The van der Waals surface area contributed by atoms with E-state index in [2.05, 4.69) is 9.97 Å². The number of imidazole rings is 1. The Kier molecular flexibility index (Phi) is 1.83. The highest BCUT2D eigenvalue weighted by Crippen LogP contribution is 2.17. The van der Waals surface area contributed by atoms with Gasteiger partial charge in [-0.1, -0.05) is 12.1 Å². The molecule has 0 bridgehead atoms. The lowest BCUT2D eigenvalue weighted by Crippen LogP contribution is -1.99. The van der Waals surface area contributed by atoms with Crippen molar-refractivity contribution in [2.75, 3.05) is 0 Å². The second kappa shape index (κ2) is 2.79. The Morgan fingerprint density at radius 2 is 2.14 bits per heavy atom. The van der Waals surface area contributed by atoms with Crippen LogP contribution in [0.15, 0.2) is 23.4 Å². The summed E-state index contributed by atoms with van der Waals surface area (Å²) < 4.78 is 30.3. The molecule has 2 N–H and O–H groups in total. The predicted octanol–water partition coefficient (Wildman–Crippen LogP) is 1.12. The maximum atomic E-state index is 10.8. The molecule has 0 saturated carbocycles. The molecule has 1 heterocycles. The molecule has 6 heteroatoms. The third-order valence-electron chi connectivity index (χ3n) is 1.94. The zero-order valence-corrected chi connectivity index (χ0v) is 8.17. The van der Waals surface area contributed by atoms with E-state index in [0.717, 1.165) is 5.56 Å². The monoisotopic (exact) mass is 212 g/mol. The fourth-order valence-electron chi connectivity index (χ4n) is 1.28. The van der Waals surface area contributed by atoms with E-state index in [1.807, 2.05) is 13.0 Å². The normalized spacial score (nSPS) is 12.1. The third kappa shape index (κ3) is 1.38. The van der Waals surface area contributed by atoms with Gasteiger partial charge in [-0.05, 0) is 18.6 Å². The third-order valence-corrected chi connectivity index (χ3v) is 2.62. The van der Waals surface area contributed by atoms with Gasteiger partial charge in [0.15, 0.2) is 0 Å². The number of nitrogens with zero attached hydrogens (tertiary/aromatic N) is 1. The van der Waals surface area contributed by atoms with Crippen LogP contribution in [-0.4, -0.2) is 22.9 Å². The van der Waals surface area contributed by atoms with E-state index >= 15 is 0 Å². The van der Waals surface area contributed by atoms with E-state index in [9.17, 15) is 8.42 Å². The number of para-hydroxylation sites is 1. The van der Waals surface area contributed by atoms with Crippen molar-refractivity contribution in [2.45, 2.75) is 12.1 Å². The Hall–Kier alpha value is -1.40. The van der Waals surface area contributed by atoms with Gasteiger partial charge < -0.3 is 4.98 Å². The molecule has 0 spiro atoms. The maximum Gasteiger partial charge on any atom is 0.328 e. The van der Waals surface area contributed by atoms with Crippen molar-refractivity contribution < 1.29 is 13.0 Å². The van der Waals surface area contributed by atoms with Crippen LogP contribution in [0.25, 0.3) is 11.0 Å². The molecule has 2 aromatic rings. The first kappa shape index (κ1) is 9.17. The molecule has 2 rings (SSSR count). The van der Waals surface area contributed by atoms with Crippen molar-refractivity contribution in [3.8, 4) is 0 Å². The van der Waals surface area contributed by atoms with Gasteiger partial charge in [0, 0.05) is 0 Å². The Morgan fingerprint density at radius 3 is 2.71 bits per heavy atom. The summed E-state index contributed by atoms with van der Waals surface area (Å²) in [6, 6.07) is 5.30. The van der Waals surface area contributed by atoms with Crippen LogP contribution < -0.4 is 0 Å². The minimum absolute atomic E-state index is 0.415. The van der Waals surface area contributed by atoms with Crippen molar-refractivity contribution in [3.05, 3.63) is 23.8 Å². The van der Waals surface area contributed by atoms with Crippen LogP contribution in [-0.2, 0) is 10.1 Å². The first-order valence-corrected chi connectivity index (χ1v) is 5.35. The van der Waals surface area contributed by atoms with E-state index in [1.54, 1.807) is 12.1 Å². The van der Waals surface area contributed by atoms with Crippen molar-refractivity contribution in [1.82, 2.24) is 9.97 Å². The number of aryl methyl sites for hydroxylation is 1. The number of aromatic amines is 1. The molecule has 0 saturated heterocycles. The Bertz CT molecular complexity index is 586. The van der Waals surface area contributed by atoms with Gasteiger partial charge in [0.25, 0.3) is 5.16 Å². The number of fused-ring (bicyclic) bond motifs is 1. The Labute approximate surface area is 80.5 Å². The number of rotatable bonds is 1. The first-order chi connectivity index (χ1) is 6.48. The molecular formula is C8H8N2O3S. The molecule has 0 atom stereocenters. The lowest BCUT2D eigenvalue weighted by Gasteiger charge is -1.90. The Morgan fingerprint density at radius 1 is 1.43 bits per heavy atom. The number of hydrogen-bond donors (Lipinski definition) is 2. The summed E-state index contributed by atoms with van der Waals surface area (Å²) in [6.45, 7) is 1.82. The van der Waals surface area contributed by atoms with Crippen LogP contribution in [0.1, 0.15) is 5.56 Å². The topological polar surface area (TPSA) is 83.0 Å². The second-order valence-corrected chi connectivity index (χ2v) is 4.32. The van der Waals surface area contributed by atoms with E-state index in [-0.39, 0.29) is 0 Å². The molecule has 5 nitrogen and oxygen atoms in total. The highest BCUT2D eigenvalue weighted by atomic mass is 32.2. The number of aromatic nitrogens is 2. The highest BCUT2D eigenvalue weighted by molar-refractivity contribution is 7.85. The van der Waals surface area contributed by atoms with Gasteiger partial charge in [0.05, 0.1) is 11.0 Å². The second-order valence-electron chi connectivity index (χ2n) is 2.99. The average Bonchev–Trinajstić information content (AvgIpc) is 2.48. The van der Waals surface area contributed by atoms with Gasteiger partial charge >= 0.3 is 10.1 Å². The summed E-state index contributed by atoms with van der Waals surface area (Å²) in [4.78, 5) is 6.32. The van der Waals surface area contributed by atoms with Crippen LogP contribution >= 0.6 is 0 Å². The first-order valence-electron chi connectivity index (χ1n) is 3.91. The molecule has 0 radical (unpaired) electrons. The summed E-state index contributed by atoms with van der Waals surface area (Å²) in [7, 11) is -4.25. The van der Waals surface area contributed by atoms with E-state index < -0.39 is 15.3 Å². The fourth-order valence-corrected chi connectivity index (χ4v) is 1.72. The fraction of sp³-hybridized carbons (Fsp3) is 0.125. The summed E-state index contributed by atoms with van der Waals surface area (Å²) in [5.74, 6) is 0. The molecule has 0 aliphatic rings. The number of benzene rings is 1. The standard InChI is InChI=1S/C8H8N2O3S/c1-5-3-2-4-6-7(5)10-8(9-6)14(11,12)13/h2-4H,1H3,(H,9,10)(H,11,12,13). The summed E-state index contributed by atoms with van der Waals surface area (Å²) in [6.07, 6.45) is 0. The summed E-state index contributed by atoms with van der Waals surface area (Å²) in [5, 5.41) is -0.415. The minimum Gasteiger partial charge on any atom is -0.327 e. The van der Waals surface area contributed by atoms with Crippen LogP contribution in [0.3, 0.4) is 0 Å². The molecule has 14 heavy (non-hydrogen) atoms. The van der Waals surface area contributed by atoms with Crippen LogP contribution in [0.2, 0.25) is 0 Å². The molecule has 1 aromatic carbocycles. The summed E-state index contributed by atoms with van der Waals surface area (Å²) in [5.41, 5.74) is 2.01. The van der Waals surface area contributed by atoms with Gasteiger partial charge in [0.1, 0.15) is 0 Å². The van der Waals surface area contributed by atoms with Crippen molar-refractivity contribution in [3.63, 3.8) is 0 Å². The van der Waals surface area contributed by atoms with E-state index in [0.29, 0.717) is 11.0 Å². The zero-order valence-electron chi connectivity index (χ0n) is 7.35. The quantitative estimate of drug-likeness (QED) is 0.694. The van der Waals surface area contributed by atoms with Crippen LogP contribution in [0, 0.1) is 6.92 Å². The lowest BCUT2D eigenvalue weighted by molar-refractivity contribution is 0.476. The average molecular weight is 212 g/mol.